The average Bonchev–Trinajstić information content (AvgIpc) is 3.59. The summed E-state index contributed by atoms with van der Waals surface area (Å²) < 4.78 is 1.71. The molecule has 1 saturated carbocycles. The second-order valence-corrected chi connectivity index (χ2v) is 8.60. The molecule has 0 spiro atoms. The number of primary amides is 1. The number of nitrogens with zero attached hydrogens (tertiary/aromatic N) is 6. The van der Waals surface area contributed by atoms with Crippen LogP contribution >= 0.6 is 0 Å². The van der Waals surface area contributed by atoms with Gasteiger partial charge in [-0.05, 0) is 48.7 Å². The second kappa shape index (κ2) is 7.94. The molecule has 0 saturated heterocycles. The molecule has 0 aliphatic heterocycles. The van der Waals surface area contributed by atoms with Gasteiger partial charge in [-0.25, -0.2) is 4.98 Å². The molecule has 2 amide bonds. The standard InChI is InChI=1S/C25H20N8O2/c26-21(34)14-28-22(35)16-5-3-15(4-6-16)20-13-29-24-31-30-23(33(24)32-20)25(9-10-25)18-7-8-19-17(12-18)2-1-11-27-19/h1-8,11-13H,9-10,14H2,(H2,26,34)(H,28,35). The Labute approximate surface area is 199 Å². The minimum absolute atomic E-state index is 0.214. The number of carbonyl (C=O) groups excluding carboxylic acids is 2. The predicted octanol–water partition coefficient (Wildman–Crippen LogP) is 2.03. The fourth-order valence-electron chi connectivity index (χ4n) is 4.33. The van der Waals surface area contributed by atoms with Crippen LogP contribution in [-0.4, -0.2) is 48.1 Å². The lowest BCUT2D eigenvalue weighted by Crippen LogP contribution is -2.33. The second-order valence-electron chi connectivity index (χ2n) is 8.60. The first-order valence-corrected chi connectivity index (χ1v) is 11.1. The lowest BCUT2D eigenvalue weighted by molar-refractivity contribution is -0.117. The van der Waals surface area contributed by atoms with Crippen LogP contribution in [0.4, 0.5) is 0 Å². The number of amides is 2. The van der Waals surface area contributed by atoms with Gasteiger partial charge in [0.2, 0.25) is 5.91 Å². The summed E-state index contributed by atoms with van der Waals surface area (Å²) in [6.45, 7) is -0.214. The molecule has 0 radical (unpaired) electrons. The number of hydrogen-bond donors (Lipinski definition) is 2. The summed E-state index contributed by atoms with van der Waals surface area (Å²) in [5.41, 5.74) is 8.75. The lowest BCUT2D eigenvalue weighted by atomic mass is 9.94. The highest BCUT2D eigenvalue weighted by Gasteiger charge is 2.50. The van der Waals surface area contributed by atoms with Gasteiger partial charge in [-0.1, -0.05) is 24.3 Å². The number of fused-ring (bicyclic) bond motifs is 2. The van der Waals surface area contributed by atoms with Crippen molar-refractivity contribution in [3.63, 3.8) is 0 Å². The number of aromatic nitrogens is 6. The Hall–Kier alpha value is -4.73. The van der Waals surface area contributed by atoms with Crippen molar-refractivity contribution in [1.82, 2.24) is 35.1 Å². The number of pyridine rings is 1. The van der Waals surface area contributed by atoms with Gasteiger partial charge in [0.1, 0.15) is 5.69 Å². The molecule has 2 aromatic carbocycles. The lowest BCUT2D eigenvalue weighted by Gasteiger charge is -2.14. The molecule has 1 aliphatic carbocycles. The van der Waals surface area contributed by atoms with Crippen molar-refractivity contribution in [3.8, 4) is 11.3 Å². The van der Waals surface area contributed by atoms with Gasteiger partial charge in [0, 0.05) is 22.7 Å². The molecule has 6 rings (SSSR count). The smallest absolute Gasteiger partial charge is 0.271 e. The van der Waals surface area contributed by atoms with Crippen molar-refractivity contribution in [1.29, 1.82) is 0 Å². The molecule has 0 atom stereocenters. The normalized spacial score (nSPS) is 14.2. The van der Waals surface area contributed by atoms with E-state index in [0.29, 0.717) is 17.0 Å². The topological polar surface area (TPSA) is 141 Å². The van der Waals surface area contributed by atoms with E-state index in [2.05, 4.69) is 43.7 Å². The largest absolute Gasteiger partial charge is 0.368 e. The minimum Gasteiger partial charge on any atom is -0.368 e. The summed E-state index contributed by atoms with van der Waals surface area (Å²) >= 11 is 0. The molecular formula is C25H20N8O2. The molecule has 3 aromatic heterocycles. The molecule has 35 heavy (non-hydrogen) atoms. The highest BCUT2D eigenvalue weighted by Crippen LogP contribution is 2.53. The zero-order chi connectivity index (χ0) is 24.0. The van der Waals surface area contributed by atoms with Crippen LogP contribution in [0, 0.1) is 0 Å². The Kier molecular flexibility index (Phi) is 4.73. The number of nitrogens with two attached hydrogens (primary N) is 1. The fourth-order valence-corrected chi connectivity index (χ4v) is 4.33. The first-order valence-electron chi connectivity index (χ1n) is 11.1. The van der Waals surface area contributed by atoms with Gasteiger partial charge in [-0.3, -0.25) is 14.6 Å². The van der Waals surface area contributed by atoms with Gasteiger partial charge < -0.3 is 11.1 Å². The quantitative estimate of drug-likeness (QED) is 0.392. The minimum atomic E-state index is -0.600. The number of rotatable bonds is 6. The maximum absolute atomic E-state index is 12.1. The molecular weight excluding hydrogens is 444 g/mol. The summed E-state index contributed by atoms with van der Waals surface area (Å²) in [5, 5.41) is 17.1. The summed E-state index contributed by atoms with van der Waals surface area (Å²) in [6, 6.07) is 17.2. The predicted molar refractivity (Wildman–Crippen MR) is 127 cm³/mol. The Morgan fingerprint density at radius 2 is 1.86 bits per heavy atom. The Morgan fingerprint density at radius 3 is 2.63 bits per heavy atom. The molecule has 0 bridgehead atoms. The van der Waals surface area contributed by atoms with Crippen LogP contribution in [0.5, 0.6) is 0 Å². The average molecular weight is 464 g/mol. The Morgan fingerprint density at radius 1 is 1.03 bits per heavy atom. The summed E-state index contributed by atoms with van der Waals surface area (Å²) in [4.78, 5) is 31.9. The van der Waals surface area contributed by atoms with Crippen molar-refractivity contribution < 1.29 is 9.59 Å². The highest BCUT2D eigenvalue weighted by molar-refractivity contribution is 5.96. The van der Waals surface area contributed by atoms with E-state index < -0.39 is 5.91 Å². The van der Waals surface area contributed by atoms with E-state index in [-0.39, 0.29) is 17.9 Å². The third-order valence-corrected chi connectivity index (χ3v) is 6.33. The molecule has 0 unspecified atom stereocenters. The maximum atomic E-state index is 12.1. The molecule has 3 N–H and O–H groups in total. The third kappa shape index (κ3) is 3.65. The van der Waals surface area contributed by atoms with E-state index in [1.165, 1.54) is 0 Å². The molecule has 1 aliphatic rings. The van der Waals surface area contributed by atoms with E-state index in [9.17, 15) is 9.59 Å². The summed E-state index contributed by atoms with van der Waals surface area (Å²) in [7, 11) is 0. The Balaban J connectivity index is 1.34. The molecule has 1 fully saturated rings. The van der Waals surface area contributed by atoms with E-state index in [1.807, 2.05) is 12.1 Å². The highest BCUT2D eigenvalue weighted by atomic mass is 16.2. The van der Waals surface area contributed by atoms with Gasteiger partial charge in [0.25, 0.3) is 11.7 Å². The number of nitrogens with one attached hydrogen (secondary N) is 1. The van der Waals surface area contributed by atoms with Crippen molar-refractivity contribution in [2.24, 2.45) is 5.73 Å². The first-order chi connectivity index (χ1) is 17.0. The third-order valence-electron chi connectivity index (χ3n) is 6.33. The van der Waals surface area contributed by atoms with Crippen LogP contribution in [0.1, 0.15) is 34.6 Å². The van der Waals surface area contributed by atoms with E-state index in [0.717, 1.165) is 40.7 Å². The maximum Gasteiger partial charge on any atom is 0.271 e. The van der Waals surface area contributed by atoms with Gasteiger partial charge in [-0.15, -0.1) is 10.2 Å². The van der Waals surface area contributed by atoms with Crippen molar-refractivity contribution in [3.05, 3.63) is 83.9 Å². The van der Waals surface area contributed by atoms with E-state index >= 15 is 0 Å². The number of benzene rings is 2. The van der Waals surface area contributed by atoms with Crippen molar-refractivity contribution in [2.45, 2.75) is 18.3 Å². The van der Waals surface area contributed by atoms with Gasteiger partial charge >= 0.3 is 0 Å². The molecule has 172 valence electrons. The van der Waals surface area contributed by atoms with Crippen molar-refractivity contribution in [2.75, 3.05) is 6.54 Å². The first kappa shape index (κ1) is 20.8. The van der Waals surface area contributed by atoms with Crippen LogP contribution < -0.4 is 11.1 Å². The SMILES string of the molecule is NC(=O)CNC(=O)c1ccc(-c2cnc3nnc(C4(c5ccc6ncccc6c5)CC4)n3n2)cc1. The number of hydrogen-bond acceptors (Lipinski definition) is 7. The molecule has 10 heteroatoms. The van der Waals surface area contributed by atoms with Gasteiger partial charge in [0.05, 0.1) is 23.7 Å². The summed E-state index contributed by atoms with van der Waals surface area (Å²) in [5.74, 6) is 0.212. The monoisotopic (exact) mass is 464 g/mol. The fraction of sp³-hybridized carbons (Fsp3) is 0.160. The Bertz CT molecular complexity index is 1610. The van der Waals surface area contributed by atoms with E-state index in [4.69, 9.17) is 10.8 Å². The van der Waals surface area contributed by atoms with Crippen LogP contribution in [-0.2, 0) is 10.2 Å². The van der Waals surface area contributed by atoms with E-state index in [1.54, 1.807) is 41.2 Å². The zero-order valence-electron chi connectivity index (χ0n) is 18.5. The number of carbonyl (C=O) groups is 2. The van der Waals surface area contributed by atoms with Crippen LogP contribution in [0.2, 0.25) is 0 Å². The molecule has 5 aromatic rings. The van der Waals surface area contributed by atoms with Crippen LogP contribution in [0.3, 0.4) is 0 Å². The van der Waals surface area contributed by atoms with Crippen LogP contribution in [0.15, 0.2) is 67.0 Å². The molecule has 10 nitrogen and oxygen atoms in total. The van der Waals surface area contributed by atoms with Crippen molar-refractivity contribution >= 4 is 28.5 Å². The van der Waals surface area contributed by atoms with Crippen LogP contribution in [0.25, 0.3) is 27.9 Å². The van der Waals surface area contributed by atoms with Gasteiger partial charge in [-0.2, -0.15) is 9.61 Å². The summed E-state index contributed by atoms with van der Waals surface area (Å²) in [6.07, 6.45) is 5.32. The van der Waals surface area contributed by atoms with Gasteiger partial charge in [0.15, 0.2) is 5.82 Å². The molecule has 3 heterocycles. The zero-order valence-corrected chi connectivity index (χ0v) is 18.5.